The normalized spacial score (nSPS) is 19.0. The van der Waals surface area contributed by atoms with E-state index in [2.05, 4.69) is 30.1 Å². The van der Waals surface area contributed by atoms with Gasteiger partial charge in [0.1, 0.15) is 17.0 Å². The van der Waals surface area contributed by atoms with Crippen LogP contribution in [-0.2, 0) is 9.59 Å². The molecule has 3 aliphatic heterocycles. The van der Waals surface area contributed by atoms with Gasteiger partial charge in [0.05, 0.1) is 24.9 Å². The van der Waals surface area contributed by atoms with Gasteiger partial charge in [0, 0.05) is 50.4 Å². The Kier molecular flexibility index (Phi) is 7.49. The van der Waals surface area contributed by atoms with Crippen LogP contribution in [0.3, 0.4) is 0 Å². The van der Waals surface area contributed by atoms with Crippen molar-refractivity contribution in [2.45, 2.75) is 18.9 Å². The third kappa shape index (κ3) is 5.63. The maximum absolute atomic E-state index is 12.8. The van der Waals surface area contributed by atoms with E-state index < -0.39 is 11.9 Å². The molecule has 1 aromatic carbocycles. The number of aromatic nitrogens is 5. The number of methoxy groups -OCH3 is 1. The van der Waals surface area contributed by atoms with Crippen LogP contribution in [-0.4, -0.2) is 91.3 Å². The van der Waals surface area contributed by atoms with Crippen molar-refractivity contribution in [1.29, 1.82) is 0 Å². The van der Waals surface area contributed by atoms with Crippen LogP contribution in [0.2, 0.25) is 0 Å². The Morgan fingerprint density at radius 3 is 2.31 bits per heavy atom. The predicted octanol–water partition coefficient (Wildman–Crippen LogP) is 0.576. The van der Waals surface area contributed by atoms with Crippen LogP contribution in [0.1, 0.15) is 12.8 Å². The number of fused-ring (bicyclic) bond motifs is 5. The smallest absolute Gasteiger partial charge is 0.328 e. The molecule has 3 saturated heterocycles. The van der Waals surface area contributed by atoms with Crippen molar-refractivity contribution >= 4 is 28.8 Å². The van der Waals surface area contributed by atoms with Gasteiger partial charge < -0.3 is 24.7 Å². The molecule has 0 spiro atoms. The highest BCUT2D eigenvalue weighted by molar-refractivity contribution is 5.89. The van der Waals surface area contributed by atoms with Gasteiger partial charge in [-0.15, -0.1) is 5.10 Å². The first-order chi connectivity index (χ1) is 17.4. The molecule has 2 aromatic heterocycles. The Morgan fingerprint density at radius 2 is 1.69 bits per heavy atom. The quantitative estimate of drug-likeness (QED) is 0.474. The monoisotopic (exact) mass is 495 g/mol. The number of anilines is 1. The van der Waals surface area contributed by atoms with E-state index in [1.54, 1.807) is 37.7 Å². The molecule has 13 heteroatoms. The van der Waals surface area contributed by atoms with Crippen LogP contribution in [0, 0.1) is 0 Å². The minimum absolute atomic E-state index is 0.259. The zero-order valence-corrected chi connectivity index (χ0v) is 19.5. The second kappa shape index (κ2) is 10.9. The first kappa shape index (κ1) is 24.7. The van der Waals surface area contributed by atoms with Crippen molar-refractivity contribution in [2.24, 2.45) is 0 Å². The highest BCUT2D eigenvalue weighted by atomic mass is 16.5. The summed E-state index contributed by atoms with van der Waals surface area (Å²) in [4.78, 5) is 45.8. The third-order valence-electron chi connectivity index (χ3n) is 6.02. The summed E-state index contributed by atoms with van der Waals surface area (Å²) in [5, 5.41) is 24.3. The van der Waals surface area contributed by atoms with Crippen molar-refractivity contribution in [1.82, 2.24) is 29.9 Å². The first-order valence-corrected chi connectivity index (χ1v) is 11.2. The van der Waals surface area contributed by atoms with Gasteiger partial charge in [-0.25, -0.2) is 19.6 Å². The molecular weight excluding hydrogens is 470 g/mol. The molecule has 0 radical (unpaired) electrons. The van der Waals surface area contributed by atoms with Crippen molar-refractivity contribution in [2.75, 3.05) is 38.2 Å². The van der Waals surface area contributed by atoms with E-state index in [-0.39, 0.29) is 5.56 Å². The molecule has 36 heavy (non-hydrogen) atoms. The molecular formula is C23H25N7O6. The first-order valence-electron chi connectivity index (χ1n) is 11.2. The van der Waals surface area contributed by atoms with Crippen LogP contribution in [0.25, 0.3) is 16.6 Å². The number of nitrogens with zero attached hydrogens (tertiary/aromatic N) is 7. The Morgan fingerprint density at radius 1 is 1.03 bits per heavy atom. The fourth-order valence-electron chi connectivity index (χ4n) is 4.18. The average molecular weight is 495 g/mol. The molecule has 0 saturated carbocycles. The summed E-state index contributed by atoms with van der Waals surface area (Å²) in [5.41, 5.74) is 0.737. The second-order valence-corrected chi connectivity index (χ2v) is 8.21. The summed E-state index contributed by atoms with van der Waals surface area (Å²) in [6.07, 6.45) is 6.69. The van der Waals surface area contributed by atoms with E-state index in [9.17, 15) is 14.4 Å². The van der Waals surface area contributed by atoms with Gasteiger partial charge in [-0.3, -0.25) is 4.79 Å². The van der Waals surface area contributed by atoms with Gasteiger partial charge in [-0.1, -0.05) is 5.21 Å². The Labute approximate surface area is 205 Å². The molecule has 0 unspecified atom stereocenters. The van der Waals surface area contributed by atoms with Crippen molar-refractivity contribution < 1.29 is 24.5 Å². The molecule has 3 aromatic rings. The summed E-state index contributed by atoms with van der Waals surface area (Å²) >= 11 is 0. The fraction of sp³-hybridized carbons (Fsp3) is 0.348. The largest absolute Gasteiger partial charge is 0.497 e. The number of rotatable bonds is 5. The third-order valence-corrected chi connectivity index (χ3v) is 6.02. The number of hydrogen-bond acceptors (Lipinski definition) is 10. The lowest BCUT2D eigenvalue weighted by molar-refractivity contribution is -0.134. The molecule has 2 bridgehead atoms. The van der Waals surface area contributed by atoms with E-state index in [0.717, 1.165) is 39.0 Å². The molecule has 13 nitrogen and oxygen atoms in total. The van der Waals surface area contributed by atoms with Crippen molar-refractivity contribution in [3.8, 4) is 11.4 Å². The zero-order valence-electron chi connectivity index (χ0n) is 19.5. The lowest BCUT2D eigenvalue weighted by atomic mass is 10.1. The van der Waals surface area contributed by atoms with Crippen molar-refractivity contribution in [3.05, 3.63) is 53.1 Å². The van der Waals surface area contributed by atoms with Crippen molar-refractivity contribution in [3.63, 3.8) is 0 Å². The lowest BCUT2D eigenvalue weighted by Crippen LogP contribution is -2.38. The summed E-state index contributed by atoms with van der Waals surface area (Å²) in [6, 6.07) is 5.61. The molecule has 6 rings (SSSR count). The maximum atomic E-state index is 12.8. The van der Waals surface area contributed by atoms with E-state index >= 15 is 0 Å². The van der Waals surface area contributed by atoms with Crippen LogP contribution < -0.4 is 15.2 Å². The Bertz CT molecular complexity index is 1320. The number of carboxylic acids is 2. The molecule has 0 aliphatic carbocycles. The number of benzene rings is 1. The highest BCUT2D eigenvalue weighted by Crippen LogP contribution is 2.24. The van der Waals surface area contributed by atoms with Gasteiger partial charge in [0.2, 0.25) is 5.95 Å². The molecule has 188 valence electrons. The topological polar surface area (TPSA) is 164 Å². The Balaban J connectivity index is 0.000000331. The van der Waals surface area contributed by atoms with E-state index in [1.165, 1.54) is 4.68 Å². The number of ether oxygens (including phenoxy) is 1. The minimum atomic E-state index is -1.26. The molecule has 3 fully saturated rings. The Hall–Kier alpha value is -4.39. The maximum Gasteiger partial charge on any atom is 0.328 e. The standard InChI is InChI=1S/C19H21N7O2.C4H4O4/c1-28-15-2-3-16-17(10-15)22-23-26(18(16)27)14-11-20-19(21-12-14)25-9-8-24-6-4-13(25)5-7-24;5-3(6)1-2-4(7)8/h2-3,10-13H,4-9H2,1H3;1-2H,(H,5,6)(H,7,8)/b;2-1+. The minimum Gasteiger partial charge on any atom is -0.497 e. The second-order valence-electron chi connectivity index (χ2n) is 8.21. The van der Waals surface area contributed by atoms with Gasteiger partial charge >= 0.3 is 11.9 Å². The molecule has 3 aliphatic rings. The molecule has 5 heterocycles. The summed E-state index contributed by atoms with van der Waals surface area (Å²) in [6.45, 7) is 4.26. The summed E-state index contributed by atoms with van der Waals surface area (Å²) < 4.78 is 6.41. The molecule has 0 atom stereocenters. The van der Waals surface area contributed by atoms with Gasteiger partial charge in [-0.05, 0) is 25.0 Å². The van der Waals surface area contributed by atoms with E-state index in [1.807, 2.05) is 0 Å². The number of carbonyl (C=O) groups is 2. The SMILES string of the molecule is COc1ccc2c(=O)n(-c3cnc(N4CCN5CCC4CC5)nc3)nnc2c1.O=C(O)/C=C/C(=O)O. The lowest BCUT2D eigenvalue weighted by Gasteiger charge is -2.31. The van der Waals surface area contributed by atoms with E-state index in [0.29, 0.717) is 46.5 Å². The zero-order chi connectivity index (χ0) is 25.7. The number of carboxylic acid groups (broad SMARTS) is 2. The number of piperidine rings is 1. The van der Waals surface area contributed by atoms with Crippen LogP contribution in [0.5, 0.6) is 5.75 Å². The summed E-state index contributed by atoms with van der Waals surface area (Å²) in [5.74, 6) is -1.17. The van der Waals surface area contributed by atoms with Crippen LogP contribution in [0.4, 0.5) is 5.95 Å². The van der Waals surface area contributed by atoms with Crippen LogP contribution in [0.15, 0.2) is 47.5 Å². The molecule has 0 amide bonds. The fourth-order valence-corrected chi connectivity index (χ4v) is 4.18. The highest BCUT2D eigenvalue weighted by Gasteiger charge is 2.30. The predicted molar refractivity (Wildman–Crippen MR) is 128 cm³/mol. The number of hydrogen-bond donors (Lipinski definition) is 2. The van der Waals surface area contributed by atoms with Gasteiger partial charge in [-0.2, -0.15) is 4.68 Å². The van der Waals surface area contributed by atoms with Crippen LogP contribution >= 0.6 is 0 Å². The molecule has 2 N–H and O–H groups in total. The van der Waals surface area contributed by atoms with Gasteiger partial charge in [0.25, 0.3) is 5.56 Å². The van der Waals surface area contributed by atoms with Gasteiger partial charge in [0.15, 0.2) is 0 Å². The number of aliphatic carboxylic acids is 2. The van der Waals surface area contributed by atoms with E-state index in [4.69, 9.17) is 14.9 Å². The summed E-state index contributed by atoms with van der Waals surface area (Å²) in [7, 11) is 1.57. The average Bonchev–Trinajstić information content (AvgIpc) is 3.22.